The molecule has 2 aromatic carbocycles. The van der Waals surface area contributed by atoms with Crippen LogP contribution >= 0.6 is 0 Å². The van der Waals surface area contributed by atoms with E-state index in [1.165, 1.54) is 24.6 Å². The van der Waals surface area contributed by atoms with Gasteiger partial charge in [-0.05, 0) is 24.0 Å². The van der Waals surface area contributed by atoms with Crippen LogP contribution in [0.1, 0.15) is 38.7 Å². The summed E-state index contributed by atoms with van der Waals surface area (Å²) >= 11 is -5.25. The van der Waals surface area contributed by atoms with Gasteiger partial charge in [0.1, 0.15) is 6.29 Å². The average molecular weight is 478 g/mol. The minimum Gasteiger partial charge on any atom is -0.375 e. The molecule has 0 bridgehead atoms. The number of phenols is 1. The van der Waals surface area contributed by atoms with Crippen molar-refractivity contribution in [3.8, 4) is 5.75 Å². The van der Waals surface area contributed by atoms with E-state index in [4.69, 9.17) is 8.19 Å². The van der Waals surface area contributed by atoms with Crippen molar-refractivity contribution in [2.75, 3.05) is 10.6 Å². The molecule has 162 valence electrons. The summed E-state index contributed by atoms with van der Waals surface area (Å²) in [6.07, 6.45) is 2.10. The number of aromatic hydroxyl groups is 1. The fourth-order valence-electron chi connectivity index (χ4n) is 3.46. The van der Waals surface area contributed by atoms with Gasteiger partial charge in [-0.3, -0.25) is 0 Å². The first-order valence-corrected chi connectivity index (χ1v) is 12.9. The van der Waals surface area contributed by atoms with Crippen molar-refractivity contribution in [1.29, 1.82) is 0 Å². The molecule has 0 fully saturated rings. The molecule has 0 saturated carbocycles. The molecular weight excluding hydrogens is 451 g/mol. The predicted molar refractivity (Wildman–Crippen MR) is 115 cm³/mol. The van der Waals surface area contributed by atoms with Crippen molar-refractivity contribution in [2.24, 2.45) is 5.92 Å². The molecule has 3 rings (SSSR count). The molecule has 0 aliphatic carbocycles. The van der Waals surface area contributed by atoms with E-state index in [-0.39, 0.29) is 11.7 Å². The van der Waals surface area contributed by atoms with Crippen LogP contribution in [0.5, 0.6) is 5.75 Å². The summed E-state index contributed by atoms with van der Waals surface area (Å²) in [5.74, 6) is -0.0244. The summed E-state index contributed by atoms with van der Waals surface area (Å²) in [6.45, 7) is 5.60. The third-order valence-corrected chi connectivity index (χ3v) is 6.81. The topological polar surface area (TPSA) is 136 Å². The molecule has 8 nitrogen and oxygen atoms in total. The molecule has 0 aromatic heterocycles. The van der Waals surface area contributed by atoms with Crippen molar-refractivity contribution in [1.82, 2.24) is 0 Å². The molecule has 9 heteroatoms. The quantitative estimate of drug-likeness (QED) is 0.326. The number of carbonyl (C=O) groups is 2. The third-order valence-electron chi connectivity index (χ3n) is 4.60. The molecule has 1 amide bonds. The fourth-order valence-corrected chi connectivity index (χ4v) is 5.18. The summed E-state index contributed by atoms with van der Waals surface area (Å²) < 4.78 is 28.6. The summed E-state index contributed by atoms with van der Waals surface area (Å²) in [4.78, 5) is 21.8. The van der Waals surface area contributed by atoms with Gasteiger partial charge in [0.2, 0.25) is 0 Å². The van der Waals surface area contributed by atoms with Crippen LogP contribution in [0.15, 0.2) is 42.5 Å². The van der Waals surface area contributed by atoms with Gasteiger partial charge in [-0.2, -0.15) is 0 Å². The van der Waals surface area contributed by atoms with Crippen molar-refractivity contribution in [2.45, 2.75) is 39.2 Å². The van der Waals surface area contributed by atoms with E-state index in [9.17, 15) is 18.4 Å². The Hall–Kier alpha value is -2.54. The fraction of sp³-hybridized carbons (Fsp3) is 0.333. The Kier molecular flexibility index (Phi) is 7.89. The average Bonchev–Trinajstić information content (AvgIpc) is 2.98. The molecule has 0 spiro atoms. The van der Waals surface area contributed by atoms with Crippen LogP contribution in [-0.2, 0) is 13.3 Å². The maximum atomic E-state index is 11.1. The van der Waals surface area contributed by atoms with Gasteiger partial charge in [-0.15, -0.1) is 0 Å². The third kappa shape index (κ3) is 5.98. The second kappa shape index (κ2) is 9.98. The van der Waals surface area contributed by atoms with Crippen LogP contribution in [0.2, 0.25) is 0 Å². The zero-order chi connectivity index (χ0) is 22.5. The molecule has 1 aliphatic heterocycles. The van der Waals surface area contributed by atoms with Gasteiger partial charge in [-0.25, -0.2) is 0 Å². The van der Waals surface area contributed by atoms with E-state index in [0.717, 1.165) is 24.5 Å². The predicted octanol–water partition coefficient (Wildman–Crippen LogP) is 1.72. The van der Waals surface area contributed by atoms with Crippen LogP contribution in [0.3, 0.4) is 0 Å². The largest absolute Gasteiger partial charge is 0.375 e. The number of para-hydroxylation sites is 1. The number of anilines is 2. The van der Waals surface area contributed by atoms with E-state index >= 15 is 0 Å². The Morgan fingerprint density at radius 3 is 2.43 bits per heavy atom. The number of aldehydes is 1. The zero-order valence-corrected chi connectivity index (χ0v) is 18.9. The van der Waals surface area contributed by atoms with Crippen molar-refractivity contribution >= 4 is 42.1 Å². The smallest absolute Gasteiger partial charge is 0.142 e. The second-order valence-electron chi connectivity index (χ2n) is 7.53. The summed E-state index contributed by atoms with van der Waals surface area (Å²) in [5.41, 5.74) is 2.36. The molecule has 2 atom stereocenters. The van der Waals surface area contributed by atoms with E-state index in [1.807, 2.05) is 18.2 Å². The van der Waals surface area contributed by atoms with Gasteiger partial charge < -0.3 is 10.1 Å². The van der Waals surface area contributed by atoms with Crippen LogP contribution < -0.4 is 15.0 Å². The van der Waals surface area contributed by atoms with Gasteiger partial charge >= 0.3 is 88.1 Å². The molecule has 30 heavy (non-hydrogen) atoms. The minimum absolute atomic E-state index is 0.0372. The molecule has 5 N–H and O–H groups in total. The number of fused-ring (bicyclic) bond motifs is 1. The van der Waals surface area contributed by atoms with E-state index in [1.54, 1.807) is 0 Å². The van der Waals surface area contributed by atoms with E-state index < -0.39 is 30.2 Å². The number of rotatable bonds is 5. The van der Waals surface area contributed by atoms with Crippen LogP contribution in [0, 0.1) is 5.92 Å². The number of hydrogen-bond acceptors (Lipinski definition) is 5. The van der Waals surface area contributed by atoms with Crippen molar-refractivity contribution in [3.63, 3.8) is 0 Å². The summed E-state index contributed by atoms with van der Waals surface area (Å²) in [5, 5.41) is 14.8. The number of benzene rings is 2. The second-order valence-corrected chi connectivity index (χ2v) is 10.7. The first-order valence-electron chi connectivity index (χ1n) is 9.51. The number of nitrogens with one attached hydrogen (secondary N) is 2. The molecule has 2 aromatic rings. The van der Waals surface area contributed by atoms with Crippen LogP contribution in [0.25, 0.3) is 0 Å². The number of hydrogen-bond donors (Lipinski definition) is 5. The normalized spacial score (nSPS) is 17.4. The molecule has 0 radical (unpaired) electrons. The molecule has 1 aliphatic rings. The first kappa shape index (κ1) is 23.7. The Balaban J connectivity index is 0.000000214. The molecule has 2 unspecified atom stereocenters. The van der Waals surface area contributed by atoms with E-state index in [2.05, 4.69) is 30.5 Å². The maximum absolute atomic E-state index is 11.1. The van der Waals surface area contributed by atoms with Crippen LogP contribution in [-0.4, -0.2) is 45.7 Å². The number of carbonyl (C=O) groups excluding carboxylic acids is 2. The summed E-state index contributed by atoms with van der Waals surface area (Å²) in [7, 11) is 0. The van der Waals surface area contributed by atoms with Crippen LogP contribution in [0.4, 0.5) is 11.4 Å². The van der Waals surface area contributed by atoms with Gasteiger partial charge in [0.15, 0.2) is 0 Å². The minimum atomic E-state index is -5.25. The Bertz CT molecular complexity index is 956. The molecular formula is C21H27AsN2O6. The Morgan fingerprint density at radius 2 is 1.87 bits per heavy atom. The van der Waals surface area contributed by atoms with Crippen molar-refractivity contribution in [3.05, 3.63) is 48.0 Å². The van der Waals surface area contributed by atoms with Crippen molar-refractivity contribution < 1.29 is 26.6 Å². The Labute approximate surface area is 178 Å². The number of phenolic OH excluding ortho intramolecular Hbond substituents is 1. The van der Waals surface area contributed by atoms with Gasteiger partial charge in [0.05, 0.1) is 6.04 Å². The SMILES string of the molecule is CC(=O)Nc1cccc(O)c1[As](=O)(O)O.CC(C)CC1c2ccccc2NC1C=O. The van der Waals surface area contributed by atoms with Gasteiger partial charge in [0.25, 0.3) is 0 Å². The summed E-state index contributed by atoms with van der Waals surface area (Å²) in [6, 6.07) is 12.0. The standard InChI is InChI=1S/C13H17NO.C8H10AsNO5/c1-9(2)7-11-10-5-3-4-6-12(10)14-13(11)8-15;1-5(11)10-6-3-2-4-7(12)8(6)9(13,14)15/h3-6,8-9,11,13-14H,7H2,1-2H3;2-4,12H,1H3,(H,10,11)(H2,13,14,15). The van der Waals surface area contributed by atoms with Gasteiger partial charge in [0, 0.05) is 11.6 Å². The van der Waals surface area contributed by atoms with E-state index in [0.29, 0.717) is 11.8 Å². The van der Waals surface area contributed by atoms with Gasteiger partial charge in [-0.1, -0.05) is 32.0 Å². The molecule has 0 saturated heterocycles. The maximum Gasteiger partial charge on any atom is 0.142 e. The Morgan fingerprint density at radius 1 is 1.20 bits per heavy atom. The molecule has 1 heterocycles. The zero-order valence-electron chi connectivity index (χ0n) is 17.1. The number of amides is 1. The first-order chi connectivity index (χ1) is 14.0. The monoisotopic (exact) mass is 478 g/mol.